The molecule has 27 heavy (non-hydrogen) atoms. The number of furan rings is 1. The molecule has 2 aromatic rings. The molecule has 3 rings (SSSR count). The van der Waals surface area contributed by atoms with E-state index >= 15 is 0 Å². The molecule has 7 heteroatoms. The Balaban J connectivity index is 1.55. The Labute approximate surface area is 157 Å². The maximum Gasteiger partial charge on any atom is 0.291 e. The van der Waals surface area contributed by atoms with Crippen molar-refractivity contribution in [1.29, 1.82) is 0 Å². The second kappa shape index (κ2) is 9.02. The van der Waals surface area contributed by atoms with Gasteiger partial charge in [0.15, 0.2) is 5.76 Å². The van der Waals surface area contributed by atoms with Crippen LogP contribution in [0, 0.1) is 0 Å². The second-order valence-corrected chi connectivity index (χ2v) is 6.42. The first-order chi connectivity index (χ1) is 13.1. The molecular formula is C20H23N3O4. The minimum absolute atomic E-state index is 0.0643. The Morgan fingerprint density at radius 1 is 0.963 bits per heavy atom. The molecule has 1 aliphatic heterocycles. The molecule has 0 aliphatic carbocycles. The number of para-hydroxylation sites is 1. The van der Waals surface area contributed by atoms with E-state index in [4.69, 9.17) is 4.42 Å². The molecule has 0 atom stereocenters. The molecule has 142 valence electrons. The molecule has 1 saturated heterocycles. The smallest absolute Gasteiger partial charge is 0.291 e. The first-order valence-electron chi connectivity index (χ1n) is 9.15. The molecule has 2 N–H and O–H groups in total. The van der Waals surface area contributed by atoms with E-state index in [2.05, 4.69) is 10.6 Å². The van der Waals surface area contributed by atoms with Gasteiger partial charge in [-0.2, -0.15) is 0 Å². The number of hydrogen-bond donors (Lipinski definition) is 2. The van der Waals surface area contributed by atoms with Gasteiger partial charge in [0.2, 0.25) is 5.91 Å². The van der Waals surface area contributed by atoms with Crippen LogP contribution in [0.1, 0.15) is 46.6 Å². The zero-order chi connectivity index (χ0) is 19.1. The summed E-state index contributed by atoms with van der Waals surface area (Å²) in [5.41, 5.74) is 0.724. The highest BCUT2D eigenvalue weighted by Gasteiger charge is 2.18. The molecule has 2 heterocycles. The van der Waals surface area contributed by atoms with Crippen molar-refractivity contribution in [2.24, 2.45) is 0 Å². The largest absolute Gasteiger partial charge is 0.459 e. The minimum Gasteiger partial charge on any atom is -0.459 e. The number of nitrogens with one attached hydrogen (secondary N) is 2. The van der Waals surface area contributed by atoms with Gasteiger partial charge in [0.25, 0.3) is 11.8 Å². The molecular weight excluding hydrogens is 346 g/mol. The van der Waals surface area contributed by atoms with Gasteiger partial charge in [-0.25, -0.2) is 0 Å². The average molecular weight is 369 g/mol. The van der Waals surface area contributed by atoms with Crippen LogP contribution >= 0.6 is 0 Å². The summed E-state index contributed by atoms with van der Waals surface area (Å²) < 4.78 is 5.06. The van der Waals surface area contributed by atoms with Gasteiger partial charge < -0.3 is 20.0 Å². The Morgan fingerprint density at radius 2 is 1.74 bits per heavy atom. The lowest BCUT2D eigenvalue weighted by Crippen LogP contribution is -2.37. The number of hydrogen-bond acceptors (Lipinski definition) is 4. The summed E-state index contributed by atoms with van der Waals surface area (Å²) in [4.78, 5) is 38.6. The number of benzene rings is 1. The summed E-state index contributed by atoms with van der Waals surface area (Å²) in [7, 11) is 0. The average Bonchev–Trinajstić information content (AvgIpc) is 3.24. The first kappa shape index (κ1) is 18.7. The van der Waals surface area contributed by atoms with Crippen LogP contribution in [0.25, 0.3) is 0 Å². The van der Waals surface area contributed by atoms with Gasteiger partial charge in [-0.05, 0) is 43.5 Å². The molecule has 0 bridgehead atoms. The number of carbonyl (C=O) groups is 3. The van der Waals surface area contributed by atoms with Crippen molar-refractivity contribution in [1.82, 2.24) is 10.2 Å². The summed E-state index contributed by atoms with van der Waals surface area (Å²) in [5, 5.41) is 5.43. The molecule has 0 unspecified atom stereocenters. The fourth-order valence-electron chi connectivity index (χ4n) is 3.06. The topological polar surface area (TPSA) is 91.7 Å². The number of carbonyl (C=O) groups excluding carboxylic acids is 3. The van der Waals surface area contributed by atoms with Crippen molar-refractivity contribution >= 4 is 23.4 Å². The third-order valence-electron chi connectivity index (χ3n) is 4.50. The molecule has 1 aromatic heterocycles. The van der Waals surface area contributed by atoms with Gasteiger partial charge in [-0.1, -0.05) is 12.1 Å². The molecule has 0 saturated carbocycles. The maximum atomic E-state index is 12.5. The van der Waals surface area contributed by atoms with Crippen LogP contribution in [-0.2, 0) is 4.79 Å². The van der Waals surface area contributed by atoms with E-state index in [0.29, 0.717) is 11.3 Å². The zero-order valence-electron chi connectivity index (χ0n) is 15.1. The summed E-state index contributed by atoms with van der Waals surface area (Å²) in [5.74, 6) is -0.538. The van der Waals surface area contributed by atoms with Crippen LogP contribution in [0.4, 0.5) is 5.69 Å². The Bertz CT molecular complexity index is 795. The monoisotopic (exact) mass is 369 g/mol. The van der Waals surface area contributed by atoms with Gasteiger partial charge in [0, 0.05) is 26.1 Å². The first-order valence-corrected chi connectivity index (χ1v) is 9.15. The highest BCUT2D eigenvalue weighted by atomic mass is 16.3. The number of likely N-dealkylation sites (tertiary alicyclic amines) is 1. The minimum atomic E-state index is -0.430. The highest BCUT2D eigenvalue weighted by Crippen LogP contribution is 2.16. The Hall–Kier alpha value is -3.09. The van der Waals surface area contributed by atoms with Crippen molar-refractivity contribution < 1.29 is 18.8 Å². The SMILES string of the molecule is O=C(Nc1ccccc1C(=O)NCCC(=O)N1CCCCC1)c1ccco1. The fourth-order valence-corrected chi connectivity index (χ4v) is 3.06. The number of nitrogens with zero attached hydrogens (tertiary/aromatic N) is 1. The third-order valence-corrected chi connectivity index (χ3v) is 4.50. The zero-order valence-corrected chi connectivity index (χ0v) is 15.1. The van der Waals surface area contributed by atoms with Gasteiger partial charge in [0.05, 0.1) is 17.5 Å². The van der Waals surface area contributed by atoms with E-state index in [0.717, 1.165) is 25.9 Å². The third kappa shape index (κ3) is 4.97. The second-order valence-electron chi connectivity index (χ2n) is 6.42. The maximum absolute atomic E-state index is 12.5. The molecule has 0 radical (unpaired) electrons. The Morgan fingerprint density at radius 3 is 2.48 bits per heavy atom. The van der Waals surface area contributed by atoms with Crippen molar-refractivity contribution in [3.8, 4) is 0 Å². The van der Waals surface area contributed by atoms with Crippen molar-refractivity contribution in [3.05, 3.63) is 54.0 Å². The van der Waals surface area contributed by atoms with E-state index in [-0.39, 0.29) is 30.5 Å². The predicted molar refractivity (Wildman–Crippen MR) is 100 cm³/mol. The lowest BCUT2D eigenvalue weighted by molar-refractivity contribution is -0.131. The normalized spacial score (nSPS) is 13.9. The van der Waals surface area contributed by atoms with Gasteiger partial charge >= 0.3 is 0 Å². The van der Waals surface area contributed by atoms with E-state index in [1.54, 1.807) is 36.4 Å². The van der Waals surface area contributed by atoms with Crippen molar-refractivity contribution in [2.75, 3.05) is 25.0 Å². The molecule has 1 aliphatic rings. The Kier molecular flexibility index (Phi) is 6.25. The fraction of sp³-hybridized carbons (Fsp3) is 0.350. The van der Waals surface area contributed by atoms with Crippen LogP contribution < -0.4 is 10.6 Å². The molecule has 3 amide bonds. The van der Waals surface area contributed by atoms with Crippen LogP contribution in [0.15, 0.2) is 47.1 Å². The van der Waals surface area contributed by atoms with E-state index in [9.17, 15) is 14.4 Å². The molecule has 0 spiro atoms. The van der Waals surface area contributed by atoms with Gasteiger partial charge in [0.1, 0.15) is 0 Å². The predicted octanol–water partition coefficient (Wildman–Crippen LogP) is 2.66. The summed E-state index contributed by atoms with van der Waals surface area (Å²) in [6.45, 7) is 1.86. The highest BCUT2D eigenvalue weighted by molar-refractivity contribution is 6.07. The van der Waals surface area contributed by atoms with Crippen molar-refractivity contribution in [3.63, 3.8) is 0 Å². The molecule has 1 aromatic carbocycles. The van der Waals surface area contributed by atoms with Crippen LogP contribution in [0.3, 0.4) is 0 Å². The number of amides is 3. The lowest BCUT2D eigenvalue weighted by atomic mass is 10.1. The van der Waals surface area contributed by atoms with Gasteiger partial charge in [-0.15, -0.1) is 0 Å². The summed E-state index contributed by atoms with van der Waals surface area (Å²) in [6, 6.07) is 9.88. The summed E-state index contributed by atoms with van der Waals surface area (Å²) in [6.07, 6.45) is 4.93. The van der Waals surface area contributed by atoms with Gasteiger partial charge in [-0.3, -0.25) is 14.4 Å². The van der Waals surface area contributed by atoms with Crippen LogP contribution in [0.2, 0.25) is 0 Å². The van der Waals surface area contributed by atoms with E-state index in [1.807, 2.05) is 4.90 Å². The quantitative estimate of drug-likeness (QED) is 0.819. The molecule has 7 nitrogen and oxygen atoms in total. The van der Waals surface area contributed by atoms with E-state index < -0.39 is 5.91 Å². The summed E-state index contributed by atoms with van der Waals surface area (Å²) >= 11 is 0. The lowest BCUT2D eigenvalue weighted by Gasteiger charge is -2.26. The van der Waals surface area contributed by atoms with Crippen LogP contribution in [0.5, 0.6) is 0 Å². The molecule has 1 fully saturated rings. The number of rotatable bonds is 6. The number of anilines is 1. The van der Waals surface area contributed by atoms with E-state index in [1.165, 1.54) is 12.7 Å². The number of piperidine rings is 1. The standard InChI is InChI=1S/C20H23N3O4/c24-18(23-12-4-1-5-13-23)10-11-21-19(25)15-7-2-3-8-16(15)22-20(26)17-9-6-14-27-17/h2-3,6-9,14H,1,4-5,10-13H2,(H,21,25)(H,22,26). The van der Waals surface area contributed by atoms with Crippen molar-refractivity contribution in [2.45, 2.75) is 25.7 Å². The van der Waals surface area contributed by atoms with Crippen LogP contribution in [-0.4, -0.2) is 42.3 Å².